The van der Waals surface area contributed by atoms with E-state index in [1.54, 1.807) is 0 Å². The molecule has 0 heterocycles. The zero-order valence-corrected chi connectivity index (χ0v) is 13.6. The Morgan fingerprint density at radius 2 is 1.61 bits per heavy atom. The number of hydrogen-bond donors (Lipinski definition) is 2. The maximum atomic E-state index is 6.14. The van der Waals surface area contributed by atoms with Crippen LogP contribution in [0.5, 0.6) is 0 Å². The quantitative estimate of drug-likeness (QED) is 0.618. The predicted molar refractivity (Wildman–Crippen MR) is 82.9 cm³/mol. The summed E-state index contributed by atoms with van der Waals surface area (Å²) in [6.45, 7) is 14.5. The van der Waals surface area contributed by atoms with E-state index in [1.807, 2.05) is 0 Å². The van der Waals surface area contributed by atoms with Crippen molar-refractivity contribution in [2.75, 3.05) is 6.54 Å². The third kappa shape index (κ3) is 9.90. The molecule has 110 valence electrons. The second kappa shape index (κ2) is 8.16. The highest BCUT2D eigenvalue weighted by molar-refractivity contribution is 4.84. The molecule has 1 unspecified atom stereocenters. The van der Waals surface area contributed by atoms with Gasteiger partial charge in [-0.3, -0.25) is 0 Å². The molecule has 0 aromatic rings. The second-order valence-electron chi connectivity index (χ2n) is 7.34. The normalized spacial score (nSPS) is 14.8. The summed E-state index contributed by atoms with van der Waals surface area (Å²) >= 11 is 0. The highest BCUT2D eigenvalue weighted by Crippen LogP contribution is 2.26. The summed E-state index contributed by atoms with van der Waals surface area (Å²) in [5.74, 6) is 0. The van der Waals surface area contributed by atoms with Crippen molar-refractivity contribution in [2.45, 2.75) is 91.6 Å². The lowest BCUT2D eigenvalue weighted by Crippen LogP contribution is -2.43. The van der Waals surface area contributed by atoms with Gasteiger partial charge in [0.05, 0.1) is 0 Å². The van der Waals surface area contributed by atoms with Crippen LogP contribution in [0.1, 0.15) is 80.1 Å². The lowest BCUT2D eigenvalue weighted by molar-refractivity contribution is 0.234. The molecule has 0 fully saturated rings. The van der Waals surface area contributed by atoms with E-state index >= 15 is 0 Å². The Bertz CT molecular complexity index is 204. The van der Waals surface area contributed by atoms with Gasteiger partial charge in [-0.1, -0.05) is 47.0 Å². The summed E-state index contributed by atoms with van der Waals surface area (Å²) in [4.78, 5) is 0. The summed E-state index contributed by atoms with van der Waals surface area (Å²) < 4.78 is 0. The second-order valence-corrected chi connectivity index (χ2v) is 7.34. The average molecular weight is 256 g/mol. The van der Waals surface area contributed by atoms with Crippen molar-refractivity contribution in [3.8, 4) is 0 Å². The van der Waals surface area contributed by atoms with Gasteiger partial charge in [0.15, 0.2) is 0 Å². The first-order valence-electron chi connectivity index (χ1n) is 7.72. The first-order chi connectivity index (χ1) is 8.20. The third-order valence-electron chi connectivity index (χ3n) is 3.35. The predicted octanol–water partition coefficient (Wildman–Crippen LogP) is 4.09. The van der Waals surface area contributed by atoms with Gasteiger partial charge in [-0.05, 0) is 38.5 Å². The molecule has 0 rings (SSSR count). The zero-order valence-electron chi connectivity index (χ0n) is 13.6. The van der Waals surface area contributed by atoms with Gasteiger partial charge < -0.3 is 11.1 Å². The van der Waals surface area contributed by atoms with Gasteiger partial charge >= 0.3 is 0 Å². The first-order valence-corrected chi connectivity index (χ1v) is 7.72. The fourth-order valence-electron chi connectivity index (χ4n) is 2.86. The summed E-state index contributed by atoms with van der Waals surface area (Å²) in [5, 5.41) is 3.76. The van der Waals surface area contributed by atoms with Crippen molar-refractivity contribution >= 4 is 0 Å². The number of nitrogens with two attached hydrogens (primary N) is 1. The van der Waals surface area contributed by atoms with Crippen LogP contribution < -0.4 is 11.1 Å². The van der Waals surface area contributed by atoms with E-state index in [0.29, 0.717) is 6.04 Å². The third-order valence-corrected chi connectivity index (χ3v) is 3.35. The van der Waals surface area contributed by atoms with E-state index in [4.69, 9.17) is 5.73 Å². The van der Waals surface area contributed by atoms with Crippen LogP contribution in [-0.2, 0) is 0 Å². The first kappa shape index (κ1) is 17.9. The van der Waals surface area contributed by atoms with Gasteiger partial charge in [0.2, 0.25) is 0 Å². The largest absolute Gasteiger partial charge is 0.326 e. The number of unbranched alkanes of at least 4 members (excludes halogenated alkanes) is 1. The Labute approximate surface area is 115 Å². The highest BCUT2D eigenvalue weighted by Gasteiger charge is 2.26. The minimum Gasteiger partial charge on any atom is -0.326 e. The van der Waals surface area contributed by atoms with Crippen LogP contribution in [0.25, 0.3) is 0 Å². The molecule has 0 aliphatic carbocycles. The molecular formula is C16H36N2. The molecule has 0 saturated carbocycles. The fraction of sp³-hybridized carbons (Fsp3) is 1.00. The van der Waals surface area contributed by atoms with Crippen LogP contribution >= 0.6 is 0 Å². The van der Waals surface area contributed by atoms with E-state index in [-0.39, 0.29) is 11.0 Å². The molecule has 0 aromatic heterocycles. The Kier molecular flexibility index (Phi) is 8.13. The molecule has 2 heteroatoms. The lowest BCUT2D eigenvalue weighted by Gasteiger charge is -2.34. The zero-order chi connectivity index (χ0) is 14.2. The van der Waals surface area contributed by atoms with Crippen molar-refractivity contribution in [1.82, 2.24) is 5.32 Å². The van der Waals surface area contributed by atoms with Crippen LogP contribution in [0, 0.1) is 5.41 Å². The number of hydrogen-bond acceptors (Lipinski definition) is 2. The van der Waals surface area contributed by atoms with E-state index in [9.17, 15) is 0 Å². The molecule has 0 aliphatic heterocycles. The van der Waals surface area contributed by atoms with Gasteiger partial charge in [-0.2, -0.15) is 0 Å². The van der Waals surface area contributed by atoms with Crippen molar-refractivity contribution in [2.24, 2.45) is 11.1 Å². The van der Waals surface area contributed by atoms with Crippen LogP contribution in [0.4, 0.5) is 0 Å². The summed E-state index contributed by atoms with van der Waals surface area (Å²) in [5.41, 5.74) is 6.34. The van der Waals surface area contributed by atoms with E-state index < -0.39 is 0 Å². The maximum absolute atomic E-state index is 6.14. The molecule has 1 atom stereocenters. The Morgan fingerprint density at radius 1 is 1.00 bits per heavy atom. The molecule has 0 aromatic carbocycles. The summed E-state index contributed by atoms with van der Waals surface area (Å²) in [6.07, 6.45) is 7.56. The highest BCUT2D eigenvalue weighted by atomic mass is 14.9. The Morgan fingerprint density at radius 3 is 2.06 bits per heavy atom. The van der Waals surface area contributed by atoms with Crippen LogP contribution in [0.15, 0.2) is 0 Å². The lowest BCUT2D eigenvalue weighted by atomic mass is 9.80. The topological polar surface area (TPSA) is 38.0 Å². The van der Waals surface area contributed by atoms with Gasteiger partial charge in [0, 0.05) is 18.1 Å². The standard InChI is InChI=1S/C16H36N2/c1-7-9-11-14(10-8-2)18-13-15(3,4)12-16(5,6)17/h14,18H,7-13,17H2,1-6H3. The molecule has 2 nitrogen and oxygen atoms in total. The van der Waals surface area contributed by atoms with Gasteiger partial charge in [-0.15, -0.1) is 0 Å². The molecule has 0 spiro atoms. The van der Waals surface area contributed by atoms with Crippen molar-refractivity contribution < 1.29 is 0 Å². The minimum absolute atomic E-state index is 0.0746. The van der Waals surface area contributed by atoms with E-state index in [1.165, 1.54) is 32.1 Å². The van der Waals surface area contributed by atoms with Crippen molar-refractivity contribution in [1.29, 1.82) is 0 Å². The monoisotopic (exact) mass is 256 g/mol. The molecule has 0 radical (unpaired) electrons. The van der Waals surface area contributed by atoms with Crippen molar-refractivity contribution in [3.05, 3.63) is 0 Å². The van der Waals surface area contributed by atoms with E-state index in [2.05, 4.69) is 46.9 Å². The SMILES string of the molecule is CCCCC(CCC)NCC(C)(C)CC(C)(C)N. The average Bonchev–Trinajstić information content (AvgIpc) is 2.19. The molecule has 0 amide bonds. The minimum atomic E-state index is -0.0746. The maximum Gasteiger partial charge on any atom is 0.0103 e. The Balaban J connectivity index is 4.14. The Hall–Kier alpha value is -0.0800. The summed E-state index contributed by atoms with van der Waals surface area (Å²) in [7, 11) is 0. The van der Waals surface area contributed by atoms with Crippen molar-refractivity contribution in [3.63, 3.8) is 0 Å². The number of rotatable bonds is 10. The van der Waals surface area contributed by atoms with Crippen LogP contribution in [0.3, 0.4) is 0 Å². The van der Waals surface area contributed by atoms with Gasteiger partial charge in [0.1, 0.15) is 0 Å². The molecule has 3 N–H and O–H groups in total. The van der Waals surface area contributed by atoms with Crippen LogP contribution in [-0.4, -0.2) is 18.1 Å². The van der Waals surface area contributed by atoms with Crippen LogP contribution in [0.2, 0.25) is 0 Å². The van der Waals surface area contributed by atoms with Gasteiger partial charge in [-0.25, -0.2) is 0 Å². The fourth-order valence-corrected chi connectivity index (χ4v) is 2.86. The molecule has 0 saturated heterocycles. The van der Waals surface area contributed by atoms with E-state index in [0.717, 1.165) is 13.0 Å². The number of nitrogens with one attached hydrogen (secondary N) is 1. The molecule has 0 bridgehead atoms. The summed E-state index contributed by atoms with van der Waals surface area (Å²) in [6, 6.07) is 0.690. The smallest absolute Gasteiger partial charge is 0.0103 e. The molecular weight excluding hydrogens is 220 g/mol. The van der Waals surface area contributed by atoms with Gasteiger partial charge in [0.25, 0.3) is 0 Å². The molecule has 0 aliphatic rings. The molecule has 18 heavy (non-hydrogen) atoms.